The van der Waals surface area contributed by atoms with E-state index in [9.17, 15) is 14.0 Å². The Labute approximate surface area is 121 Å². The monoisotopic (exact) mass is 287 g/mol. The van der Waals surface area contributed by atoms with Gasteiger partial charge in [-0.2, -0.15) is 0 Å². The fourth-order valence-electron chi connectivity index (χ4n) is 2.16. The molecular formula is C16H14FNO3. The van der Waals surface area contributed by atoms with Gasteiger partial charge in [0.05, 0.1) is 11.6 Å². The highest BCUT2D eigenvalue weighted by atomic mass is 19.1. The molecule has 0 N–H and O–H groups in total. The third-order valence-corrected chi connectivity index (χ3v) is 3.07. The van der Waals surface area contributed by atoms with E-state index in [4.69, 9.17) is 0 Å². The van der Waals surface area contributed by atoms with Crippen LogP contribution in [0.5, 0.6) is 0 Å². The van der Waals surface area contributed by atoms with Gasteiger partial charge in [0.1, 0.15) is 18.2 Å². The van der Waals surface area contributed by atoms with Crippen LogP contribution >= 0.6 is 0 Å². The molecule has 4 nitrogen and oxygen atoms in total. The van der Waals surface area contributed by atoms with Crippen molar-refractivity contribution in [1.29, 1.82) is 0 Å². The van der Waals surface area contributed by atoms with Crippen LogP contribution < -0.4 is 0 Å². The van der Waals surface area contributed by atoms with Crippen molar-refractivity contribution in [2.75, 3.05) is 0 Å². The van der Waals surface area contributed by atoms with E-state index in [1.165, 1.54) is 19.1 Å². The summed E-state index contributed by atoms with van der Waals surface area (Å²) in [6, 6.07) is 9.36. The summed E-state index contributed by atoms with van der Waals surface area (Å²) in [6.07, 6.45) is 1.54. The van der Waals surface area contributed by atoms with Crippen LogP contribution in [0.4, 0.5) is 4.39 Å². The molecule has 5 heteroatoms. The molecule has 2 rings (SSSR count). The zero-order valence-electron chi connectivity index (χ0n) is 11.5. The van der Waals surface area contributed by atoms with Gasteiger partial charge >= 0.3 is 0 Å². The Morgan fingerprint density at radius 1 is 1.33 bits per heavy atom. The van der Waals surface area contributed by atoms with Gasteiger partial charge in [0.25, 0.3) is 6.47 Å². The molecule has 0 amide bonds. The zero-order valence-corrected chi connectivity index (χ0v) is 11.5. The first kappa shape index (κ1) is 14.8. The Bertz CT molecular complexity index is 640. The average Bonchev–Trinajstić information content (AvgIpc) is 2.46. The number of benzene rings is 1. The van der Waals surface area contributed by atoms with Crippen LogP contribution in [0, 0.1) is 5.82 Å². The molecule has 1 unspecified atom stereocenters. The summed E-state index contributed by atoms with van der Waals surface area (Å²) in [5, 5.41) is 0. The highest BCUT2D eigenvalue weighted by Crippen LogP contribution is 2.25. The highest BCUT2D eigenvalue weighted by molar-refractivity contribution is 5.86. The molecular weight excluding hydrogens is 273 g/mol. The number of carbonyl (C=O) groups excluding carboxylic acids is 2. The van der Waals surface area contributed by atoms with E-state index in [1.807, 2.05) is 0 Å². The normalized spacial score (nSPS) is 11.7. The van der Waals surface area contributed by atoms with Crippen LogP contribution in [-0.4, -0.2) is 17.2 Å². The Morgan fingerprint density at radius 2 is 2.14 bits per heavy atom. The first-order chi connectivity index (χ1) is 10.1. The molecule has 0 aliphatic rings. The average molecular weight is 287 g/mol. The van der Waals surface area contributed by atoms with Gasteiger partial charge in [-0.05, 0) is 36.2 Å². The molecule has 0 aliphatic carbocycles. The number of pyridine rings is 1. The van der Waals surface area contributed by atoms with Crippen molar-refractivity contribution < 1.29 is 18.7 Å². The number of ketones is 1. The topological polar surface area (TPSA) is 56.3 Å². The Hall–Kier alpha value is -2.56. The van der Waals surface area contributed by atoms with Gasteiger partial charge < -0.3 is 4.74 Å². The van der Waals surface area contributed by atoms with Crippen LogP contribution in [0.15, 0.2) is 42.6 Å². The van der Waals surface area contributed by atoms with Gasteiger partial charge in [0.15, 0.2) is 0 Å². The van der Waals surface area contributed by atoms with Crippen LogP contribution in [-0.2, 0) is 20.9 Å². The van der Waals surface area contributed by atoms with Gasteiger partial charge in [-0.25, -0.2) is 4.39 Å². The van der Waals surface area contributed by atoms with Crippen molar-refractivity contribution in [3.8, 4) is 0 Å². The predicted octanol–water partition coefficient (Wildman–Crippen LogP) is 2.61. The van der Waals surface area contributed by atoms with E-state index < -0.39 is 5.92 Å². The van der Waals surface area contributed by atoms with Gasteiger partial charge in [-0.15, -0.1) is 0 Å². The third kappa shape index (κ3) is 3.72. The van der Waals surface area contributed by atoms with Crippen molar-refractivity contribution >= 4 is 12.3 Å². The predicted molar refractivity (Wildman–Crippen MR) is 74.0 cm³/mol. The summed E-state index contributed by atoms with van der Waals surface area (Å²) in [4.78, 5) is 26.2. The highest BCUT2D eigenvalue weighted by Gasteiger charge is 2.20. The second kappa shape index (κ2) is 6.74. The first-order valence-corrected chi connectivity index (χ1v) is 6.38. The number of carbonyl (C=O) groups is 2. The quantitative estimate of drug-likeness (QED) is 0.766. The Balaban J connectivity index is 2.30. The summed E-state index contributed by atoms with van der Waals surface area (Å²) in [5.74, 6) is -1.05. The lowest BCUT2D eigenvalue weighted by Crippen LogP contribution is -2.11. The van der Waals surface area contributed by atoms with Gasteiger partial charge in [-0.3, -0.25) is 14.6 Å². The molecule has 21 heavy (non-hydrogen) atoms. The van der Waals surface area contributed by atoms with E-state index in [2.05, 4.69) is 9.72 Å². The summed E-state index contributed by atoms with van der Waals surface area (Å²) >= 11 is 0. The maximum atomic E-state index is 13.3. The molecule has 2 aromatic rings. The van der Waals surface area contributed by atoms with E-state index in [-0.39, 0.29) is 18.2 Å². The van der Waals surface area contributed by atoms with Crippen LogP contribution in [0.2, 0.25) is 0 Å². The molecule has 0 saturated carbocycles. The molecule has 1 atom stereocenters. The van der Waals surface area contributed by atoms with Crippen molar-refractivity contribution in [2.24, 2.45) is 0 Å². The molecule has 0 bridgehead atoms. The molecule has 1 heterocycles. The smallest absolute Gasteiger partial charge is 0.293 e. The minimum absolute atomic E-state index is 0.0779. The molecule has 108 valence electrons. The zero-order chi connectivity index (χ0) is 15.2. The van der Waals surface area contributed by atoms with Crippen molar-refractivity contribution in [3.05, 3.63) is 65.2 Å². The number of nitrogens with zero attached hydrogens (tertiary/aromatic N) is 1. The van der Waals surface area contributed by atoms with Gasteiger partial charge in [0.2, 0.25) is 0 Å². The number of rotatable bonds is 6. The molecule has 0 fully saturated rings. The number of halogens is 1. The van der Waals surface area contributed by atoms with Crippen LogP contribution in [0.25, 0.3) is 0 Å². The number of hydrogen-bond acceptors (Lipinski definition) is 4. The van der Waals surface area contributed by atoms with Crippen molar-refractivity contribution in [1.82, 2.24) is 4.98 Å². The van der Waals surface area contributed by atoms with Crippen molar-refractivity contribution in [3.63, 3.8) is 0 Å². The van der Waals surface area contributed by atoms with E-state index in [0.29, 0.717) is 23.3 Å². The fourth-order valence-corrected chi connectivity index (χ4v) is 2.16. The largest absolute Gasteiger partial charge is 0.461 e. The first-order valence-electron chi connectivity index (χ1n) is 6.38. The van der Waals surface area contributed by atoms with Gasteiger partial charge in [0, 0.05) is 6.20 Å². The molecule has 0 radical (unpaired) electrons. The summed E-state index contributed by atoms with van der Waals surface area (Å²) < 4.78 is 17.9. The number of hydrogen-bond donors (Lipinski definition) is 0. The van der Waals surface area contributed by atoms with E-state index in [1.54, 1.807) is 30.5 Å². The van der Waals surface area contributed by atoms with Crippen LogP contribution in [0.1, 0.15) is 29.7 Å². The van der Waals surface area contributed by atoms with Gasteiger partial charge in [-0.1, -0.05) is 18.2 Å². The minimum Gasteiger partial charge on any atom is -0.461 e. The summed E-state index contributed by atoms with van der Waals surface area (Å²) in [7, 11) is 0. The maximum absolute atomic E-state index is 13.3. The second-order valence-electron chi connectivity index (χ2n) is 4.59. The lowest BCUT2D eigenvalue weighted by atomic mass is 9.89. The van der Waals surface area contributed by atoms with Crippen LogP contribution in [0.3, 0.4) is 0 Å². The lowest BCUT2D eigenvalue weighted by molar-refractivity contribution is -0.129. The van der Waals surface area contributed by atoms with E-state index in [0.717, 1.165) is 0 Å². The number of Topliss-reactive ketones (excluding diaryl/α,β-unsaturated/α-hetero) is 1. The Kier molecular flexibility index (Phi) is 4.77. The maximum Gasteiger partial charge on any atom is 0.293 e. The number of aromatic nitrogens is 1. The standard InChI is InChI=1S/C16H14FNO3/c1-11(20)16(12-3-2-4-14(17)7-12)13-5-6-15(18-8-13)9-21-10-19/h2-8,10,16H,9H2,1H3. The fraction of sp³-hybridized carbons (Fsp3) is 0.188. The molecule has 1 aromatic heterocycles. The molecule has 0 saturated heterocycles. The number of ether oxygens (including phenoxy) is 1. The minimum atomic E-state index is -0.561. The molecule has 0 spiro atoms. The van der Waals surface area contributed by atoms with E-state index >= 15 is 0 Å². The van der Waals surface area contributed by atoms with Crippen molar-refractivity contribution in [2.45, 2.75) is 19.4 Å². The molecule has 1 aromatic carbocycles. The second-order valence-corrected chi connectivity index (χ2v) is 4.59. The summed E-state index contributed by atoms with van der Waals surface area (Å²) in [5.41, 5.74) is 1.83. The molecule has 0 aliphatic heterocycles. The summed E-state index contributed by atoms with van der Waals surface area (Å²) in [6.45, 7) is 1.88. The Morgan fingerprint density at radius 3 is 2.71 bits per heavy atom. The third-order valence-electron chi connectivity index (χ3n) is 3.07. The lowest BCUT2D eigenvalue weighted by Gasteiger charge is -2.15. The SMILES string of the molecule is CC(=O)C(c1ccc(COC=O)nc1)c1cccc(F)c1.